The molecule has 0 saturated heterocycles. The van der Waals surface area contributed by atoms with Crippen LogP contribution in [0.15, 0.2) is 42.5 Å². The molecule has 2 aromatic carbocycles. The van der Waals surface area contributed by atoms with Crippen LogP contribution in [0.1, 0.15) is 57.6 Å². The summed E-state index contributed by atoms with van der Waals surface area (Å²) in [6, 6.07) is 8.39. The van der Waals surface area contributed by atoms with Crippen molar-refractivity contribution in [1.82, 2.24) is 20.1 Å². The Morgan fingerprint density at radius 3 is 2.33 bits per heavy atom. The van der Waals surface area contributed by atoms with Crippen molar-refractivity contribution in [2.75, 3.05) is 4.72 Å². The number of benzene rings is 2. The highest BCUT2D eigenvalue weighted by molar-refractivity contribution is 7.90. The maximum atomic E-state index is 14.3. The molecule has 0 aliphatic carbocycles. The maximum Gasteiger partial charge on any atom is 0.408 e. The lowest BCUT2D eigenvalue weighted by molar-refractivity contribution is 0.0502. The maximum absolute atomic E-state index is 14.3. The molecule has 15 heteroatoms. The molecular weight excluding hydrogens is 642 g/mol. The first-order valence-corrected chi connectivity index (χ1v) is 15.8. The van der Waals surface area contributed by atoms with Gasteiger partial charge in [0.05, 0.1) is 27.7 Å². The van der Waals surface area contributed by atoms with Gasteiger partial charge in [0, 0.05) is 24.2 Å². The summed E-state index contributed by atoms with van der Waals surface area (Å²) in [6.07, 6.45) is -0.951. The zero-order chi connectivity index (χ0) is 34.2. The van der Waals surface area contributed by atoms with Crippen LogP contribution in [-0.2, 0) is 28.4 Å². The monoisotopic (exact) mass is 674 g/mol. The predicted octanol–water partition coefficient (Wildman–Crippen LogP) is 5.11. The number of carbonyl (C=O) groups excluding carboxylic acids is 1. The minimum absolute atomic E-state index is 0.118. The van der Waals surface area contributed by atoms with Crippen LogP contribution < -0.4 is 15.2 Å². The predicted molar refractivity (Wildman–Crippen MR) is 171 cm³/mol. The van der Waals surface area contributed by atoms with Crippen molar-refractivity contribution in [2.24, 2.45) is 12.2 Å². The molecule has 2 heterocycles. The molecule has 2 aromatic heterocycles. The molecule has 0 saturated carbocycles. The minimum Gasteiger partial charge on any atom is -0.444 e. The fraction of sp³-hybridized carbons (Fsp3) is 0.323. The number of aryl methyl sites for hydroxylation is 1. The van der Waals surface area contributed by atoms with E-state index in [1.54, 1.807) is 46.0 Å². The quantitative estimate of drug-likeness (QED) is 0.198. The van der Waals surface area contributed by atoms with Gasteiger partial charge in [-0.3, -0.25) is 9.40 Å². The summed E-state index contributed by atoms with van der Waals surface area (Å²) in [6.45, 7) is 8.04. The summed E-state index contributed by atoms with van der Waals surface area (Å²) in [4.78, 5) is 17.9. The van der Waals surface area contributed by atoms with Crippen molar-refractivity contribution in [3.8, 4) is 23.0 Å². The normalized spacial score (nSPS) is 12.8. The number of pyridine rings is 1. The zero-order valence-corrected chi connectivity index (χ0v) is 27.4. The number of alkyl carbamates (subject to hydrolysis) is 1. The van der Waals surface area contributed by atoms with Crippen LogP contribution in [0.25, 0.3) is 22.0 Å². The van der Waals surface area contributed by atoms with Gasteiger partial charge in [0.2, 0.25) is 0 Å². The molecule has 0 spiro atoms. The molecule has 0 aliphatic rings. The van der Waals surface area contributed by atoms with Crippen molar-refractivity contribution >= 4 is 44.6 Å². The average molecular weight is 675 g/mol. The van der Waals surface area contributed by atoms with Crippen LogP contribution in [-0.4, -0.2) is 45.6 Å². The van der Waals surface area contributed by atoms with Gasteiger partial charge >= 0.3 is 6.09 Å². The molecule has 0 unspecified atom stereocenters. The van der Waals surface area contributed by atoms with E-state index in [4.69, 9.17) is 26.5 Å². The fourth-order valence-corrected chi connectivity index (χ4v) is 5.34. The summed E-state index contributed by atoms with van der Waals surface area (Å²) >= 11 is 6.51. The van der Waals surface area contributed by atoms with Gasteiger partial charge in [0.1, 0.15) is 28.5 Å². The van der Waals surface area contributed by atoms with E-state index in [0.29, 0.717) is 16.6 Å². The zero-order valence-electron chi connectivity index (χ0n) is 25.9. The number of carbonyl (C=O) groups is 1. The first-order chi connectivity index (χ1) is 21.2. The number of rotatable bonds is 7. The number of hydrogen-bond donors (Lipinski definition) is 4. The van der Waals surface area contributed by atoms with E-state index in [9.17, 15) is 27.1 Å². The van der Waals surface area contributed by atoms with Gasteiger partial charge in [-0.25, -0.2) is 23.7 Å². The Bertz CT molecular complexity index is 1970. The van der Waals surface area contributed by atoms with E-state index < -0.39 is 45.2 Å². The second kappa shape index (κ2) is 12.8. The Morgan fingerprint density at radius 2 is 1.74 bits per heavy atom. The van der Waals surface area contributed by atoms with Crippen molar-refractivity contribution < 1.29 is 31.8 Å². The highest BCUT2D eigenvalue weighted by Crippen LogP contribution is 2.40. The van der Waals surface area contributed by atoms with Crippen LogP contribution in [0.5, 0.6) is 0 Å². The third-order valence-electron chi connectivity index (χ3n) is 6.27. The topological polar surface area (TPSA) is 161 Å². The number of anilines is 1. The number of aromatic nitrogens is 3. The largest absolute Gasteiger partial charge is 0.444 e. The summed E-state index contributed by atoms with van der Waals surface area (Å²) in [5, 5.41) is 22.8. The number of nitrogens with two attached hydrogens (primary N) is 1. The Kier molecular flexibility index (Phi) is 9.65. The molecule has 0 radical (unpaired) electrons. The molecule has 244 valence electrons. The van der Waals surface area contributed by atoms with Crippen LogP contribution in [0.3, 0.4) is 0 Å². The van der Waals surface area contributed by atoms with E-state index in [0.717, 1.165) is 18.2 Å². The minimum atomic E-state index is -4.22. The molecule has 5 N–H and O–H groups in total. The smallest absolute Gasteiger partial charge is 0.408 e. The molecule has 0 bridgehead atoms. The number of ether oxygens (including phenoxy) is 1. The second-order valence-electron chi connectivity index (χ2n) is 12.1. The molecule has 4 aromatic rings. The molecule has 0 aliphatic heterocycles. The van der Waals surface area contributed by atoms with Crippen molar-refractivity contribution in [2.45, 2.75) is 58.3 Å². The lowest BCUT2D eigenvalue weighted by Crippen LogP contribution is -2.36. The molecular formula is C31H33ClF2N6O5S. The highest BCUT2D eigenvalue weighted by Gasteiger charge is 2.27. The third kappa shape index (κ3) is 8.91. The lowest BCUT2D eigenvalue weighted by atomic mass is 9.94. The van der Waals surface area contributed by atoms with Crippen molar-refractivity contribution in [3.63, 3.8) is 0 Å². The van der Waals surface area contributed by atoms with Crippen LogP contribution in [0, 0.1) is 23.5 Å². The molecule has 0 fully saturated rings. The van der Waals surface area contributed by atoms with Gasteiger partial charge in [-0.2, -0.15) is 13.5 Å². The van der Waals surface area contributed by atoms with Gasteiger partial charge in [-0.15, -0.1) is 0 Å². The molecule has 4 rings (SSSR count). The van der Waals surface area contributed by atoms with E-state index in [1.165, 1.54) is 24.6 Å². The standard InChI is InChI=1S/C31H33ClF2N6O5S/c1-30(2,3)45-29(41)37-24(15-17-13-18(33)16-19(34)14-17)26-21(8-7-20(36-26)11-12-31(4,5)42)22-9-10-23(32)25-27(22)40(6)38-28(25)39-46(35,43)44/h7-10,13-14,16,24,42H,15H2,1-6H3,(H,37,41)(H,38,39)(H2,35,43,44)/t24-/m0/s1. The Morgan fingerprint density at radius 1 is 1.11 bits per heavy atom. The highest BCUT2D eigenvalue weighted by atomic mass is 35.5. The second-order valence-corrected chi connectivity index (χ2v) is 13.8. The summed E-state index contributed by atoms with van der Waals surface area (Å²) in [5.74, 6) is 3.77. The van der Waals surface area contributed by atoms with Gasteiger partial charge in [-0.1, -0.05) is 23.6 Å². The van der Waals surface area contributed by atoms with Gasteiger partial charge in [0.25, 0.3) is 10.2 Å². The molecule has 46 heavy (non-hydrogen) atoms. The lowest BCUT2D eigenvalue weighted by Gasteiger charge is -2.25. The summed E-state index contributed by atoms with van der Waals surface area (Å²) < 4.78 is 61.4. The number of fused-ring (bicyclic) bond motifs is 1. The van der Waals surface area contributed by atoms with Crippen molar-refractivity contribution in [1.29, 1.82) is 0 Å². The van der Waals surface area contributed by atoms with Crippen LogP contribution in [0.2, 0.25) is 5.02 Å². The fourth-order valence-electron chi connectivity index (χ4n) is 4.69. The van der Waals surface area contributed by atoms with Crippen LogP contribution >= 0.6 is 11.6 Å². The number of nitrogens with one attached hydrogen (secondary N) is 2. The van der Waals surface area contributed by atoms with E-state index in [2.05, 4.69) is 27.0 Å². The summed E-state index contributed by atoms with van der Waals surface area (Å²) in [7, 11) is -2.65. The van der Waals surface area contributed by atoms with E-state index >= 15 is 0 Å². The van der Waals surface area contributed by atoms with Gasteiger partial charge in [0.15, 0.2) is 5.82 Å². The SMILES string of the molecule is Cn1nc(NS(N)(=O)=O)c2c(Cl)ccc(-c3ccc(C#CC(C)(C)O)nc3[C@H](Cc3cc(F)cc(F)c3)NC(=O)OC(C)(C)C)c21. The first kappa shape index (κ1) is 34.6. The number of hydrogen-bond acceptors (Lipinski definition) is 7. The van der Waals surface area contributed by atoms with Crippen molar-refractivity contribution in [3.05, 3.63) is 76.1 Å². The van der Waals surface area contributed by atoms with Gasteiger partial charge in [-0.05, 0) is 82.9 Å². The number of aliphatic hydroxyl groups is 1. The first-order valence-electron chi connectivity index (χ1n) is 13.9. The number of halogens is 3. The Balaban J connectivity index is 2.01. The Labute approximate surface area is 270 Å². The van der Waals surface area contributed by atoms with Gasteiger partial charge < -0.3 is 15.2 Å². The van der Waals surface area contributed by atoms with E-state index in [-0.39, 0.29) is 39.6 Å². The third-order valence-corrected chi connectivity index (χ3v) is 7.06. The molecule has 1 amide bonds. The number of nitrogens with zero attached hydrogens (tertiary/aromatic N) is 3. The van der Waals surface area contributed by atoms with Crippen LogP contribution in [0.4, 0.5) is 19.4 Å². The van der Waals surface area contributed by atoms with E-state index in [1.807, 2.05) is 0 Å². The Hall–Kier alpha value is -4.29. The molecule has 11 nitrogen and oxygen atoms in total. The molecule has 1 atom stereocenters. The number of amides is 1. The average Bonchev–Trinajstić information content (AvgIpc) is 3.20. The summed E-state index contributed by atoms with van der Waals surface area (Å²) in [5.41, 5.74) is -0.332.